The molecule has 0 unspecified atom stereocenters. The fourth-order valence-corrected chi connectivity index (χ4v) is 1.61. The van der Waals surface area contributed by atoms with Gasteiger partial charge in [-0.15, -0.1) is 10.2 Å². The molecule has 0 N–H and O–H groups in total. The molecule has 1 aromatic rings. The summed E-state index contributed by atoms with van der Waals surface area (Å²) in [6.45, 7) is 6.72. The van der Waals surface area contributed by atoms with E-state index in [4.69, 9.17) is 4.74 Å². The quantitative estimate of drug-likeness (QED) is 0.656. The minimum Gasteiger partial charge on any atom is -0.373 e. The Bertz CT molecular complexity index is 293. The van der Waals surface area contributed by atoms with Crippen molar-refractivity contribution in [2.75, 3.05) is 6.61 Å². The van der Waals surface area contributed by atoms with Crippen LogP contribution < -0.4 is 0 Å². The molecule has 1 aliphatic heterocycles. The molecule has 0 aromatic carbocycles. The molecular formula is C9H15N3O. The van der Waals surface area contributed by atoms with Crippen LogP contribution in [0.1, 0.15) is 37.8 Å². The highest BCUT2D eigenvalue weighted by Crippen LogP contribution is 2.16. The molecule has 0 atom stereocenters. The van der Waals surface area contributed by atoms with Crippen LogP contribution in [0.2, 0.25) is 0 Å². The molecule has 0 saturated heterocycles. The third kappa shape index (κ3) is 1.58. The summed E-state index contributed by atoms with van der Waals surface area (Å²) >= 11 is 0. The van der Waals surface area contributed by atoms with Gasteiger partial charge in [-0.25, -0.2) is 0 Å². The van der Waals surface area contributed by atoms with Crippen molar-refractivity contribution in [2.24, 2.45) is 0 Å². The van der Waals surface area contributed by atoms with Crippen molar-refractivity contribution in [3.05, 3.63) is 11.6 Å². The molecule has 0 aliphatic carbocycles. The Kier molecular flexibility index (Phi) is 2.31. The molecule has 2 heterocycles. The van der Waals surface area contributed by atoms with E-state index in [0.29, 0.717) is 12.5 Å². The molecule has 2 rings (SSSR count). The van der Waals surface area contributed by atoms with Gasteiger partial charge in [-0.05, 0) is 6.42 Å². The summed E-state index contributed by atoms with van der Waals surface area (Å²) < 4.78 is 7.58. The Hall–Kier alpha value is -0.900. The van der Waals surface area contributed by atoms with Gasteiger partial charge in [0.15, 0.2) is 5.82 Å². The molecule has 4 nitrogen and oxygen atoms in total. The number of fused-ring (bicyclic) bond motifs is 1. The molecule has 1 aromatic heterocycles. The fourth-order valence-electron chi connectivity index (χ4n) is 1.61. The van der Waals surface area contributed by atoms with Crippen LogP contribution in [0.4, 0.5) is 0 Å². The number of rotatable bonds is 1. The van der Waals surface area contributed by atoms with E-state index in [2.05, 4.69) is 28.6 Å². The number of nitrogens with zero attached hydrogens (tertiary/aromatic N) is 3. The monoisotopic (exact) mass is 181 g/mol. The summed E-state index contributed by atoms with van der Waals surface area (Å²) in [6, 6.07) is 0. The average Bonchev–Trinajstić information content (AvgIpc) is 2.36. The van der Waals surface area contributed by atoms with Gasteiger partial charge >= 0.3 is 0 Å². The van der Waals surface area contributed by atoms with Gasteiger partial charge in [0.1, 0.15) is 12.4 Å². The molecule has 0 radical (unpaired) electrons. The maximum Gasteiger partial charge on any atom is 0.159 e. The molecule has 0 spiro atoms. The number of hydrogen-bond donors (Lipinski definition) is 0. The first-order valence-corrected chi connectivity index (χ1v) is 4.78. The van der Waals surface area contributed by atoms with Gasteiger partial charge < -0.3 is 9.30 Å². The topological polar surface area (TPSA) is 39.9 Å². The zero-order chi connectivity index (χ0) is 9.26. The van der Waals surface area contributed by atoms with Gasteiger partial charge in [0.05, 0.1) is 0 Å². The van der Waals surface area contributed by atoms with Crippen LogP contribution in [0, 0.1) is 0 Å². The maximum absolute atomic E-state index is 5.39. The lowest BCUT2D eigenvalue weighted by Crippen LogP contribution is -2.07. The van der Waals surface area contributed by atoms with Gasteiger partial charge in [0.2, 0.25) is 0 Å². The predicted molar refractivity (Wildman–Crippen MR) is 48.4 cm³/mol. The van der Waals surface area contributed by atoms with Crippen LogP contribution >= 0.6 is 0 Å². The Morgan fingerprint density at radius 1 is 1.38 bits per heavy atom. The fraction of sp³-hybridized carbons (Fsp3) is 0.778. The van der Waals surface area contributed by atoms with Crippen molar-refractivity contribution in [1.82, 2.24) is 14.8 Å². The molecule has 13 heavy (non-hydrogen) atoms. The molecule has 0 bridgehead atoms. The van der Waals surface area contributed by atoms with Gasteiger partial charge in [-0.2, -0.15) is 0 Å². The first-order valence-electron chi connectivity index (χ1n) is 4.78. The lowest BCUT2D eigenvalue weighted by molar-refractivity contribution is 0.122. The smallest absolute Gasteiger partial charge is 0.159 e. The second-order valence-corrected chi connectivity index (χ2v) is 3.69. The second kappa shape index (κ2) is 3.46. The lowest BCUT2D eigenvalue weighted by atomic mass is 10.2. The van der Waals surface area contributed by atoms with E-state index >= 15 is 0 Å². The molecule has 1 aliphatic rings. The van der Waals surface area contributed by atoms with Crippen LogP contribution in [-0.2, 0) is 17.9 Å². The Labute approximate surface area is 77.9 Å². The van der Waals surface area contributed by atoms with Crippen molar-refractivity contribution in [3.63, 3.8) is 0 Å². The van der Waals surface area contributed by atoms with Crippen molar-refractivity contribution in [3.8, 4) is 0 Å². The molecule has 0 saturated carbocycles. The van der Waals surface area contributed by atoms with Gasteiger partial charge in [-0.1, -0.05) is 13.8 Å². The third-order valence-electron chi connectivity index (χ3n) is 2.27. The summed E-state index contributed by atoms with van der Waals surface area (Å²) in [7, 11) is 0. The first-order chi connectivity index (χ1) is 6.29. The standard InChI is InChI=1S/C9H15N3O/c1-7(2)9-11-10-8-6-13-5-3-4-12(8)9/h7H,3-6H2,1-2H3. The van der Waals surface area contributed by atoms with Crippen molar-refractivity contribution in [1.29, 1.82) is 0 Å². The minimum atomic E-state index is 0.444. The first kappa shape index (κ1) is 8.69. The lowest BCUT2D eigenvalue weighted by Gasteiger charge is -2.07. The highest BCUT2D eigenvalue weighted by Gasteiger charge is 2.16. The molecule has 0 amide bonds. The van der Waals surface area contributed by atoms with Gasteiger partial charge in [0, 0.05) is 19.1 Å². The SMILES string of the molecule is CC(C)c1nnc2n1CCCOC2. The van der Waals surface area contributed by atoms with Gasteiger partial charge in [0.25, 0.3) is 0 Å². The van der Waals surface area contributed by atoms with E-state index in [-0.39, 0.29) is 0 Å². The van der Waals surface area contributed by atoms with Crippen LogP contribution in [-0.4, -0.2) is 21.4 Å². The molecule has 72 valence electrons. The van der Waals surface area contributed by atoms with E-state index in [1.807, 2.05) is 0 Å². The van der Waals surface area contributed by atoms with E-state index in [1.165, 1.54) is 0 Å². The minimum absolute atomic E-state index is 0.444. The Balaban J connectivity index is 2.34. The summed E-state index contributed by atoms with van der Waals surface area (Å²) in [5.74, 6) is 2.50. The zero-order valence-corrected chi connectivity index (χ0v) is 8.16. The highest BCUT2D eigenvalue weighted by molar-refractivity contribution is 5.00. The molecular weight excluding hydrogens is 166 g/mol. The van der Waals surface area contributed by atoms with Crippen molar-refractivity contribution < 1.29 is 4.74 Å². The van der Waals surface area contributed by atoms with E-state index in [1.54, 1.807) is 0 Å². The zero-order valence-electron chi connectivity index (χ0n) is 8.16. The molecule has 0 fully saturated rings. The normalized spacial score (nSPS) is 17.2. The van der Waals surface area contributed by atoms with E-state index < -0.39 is 0 Å². The summed E-state index contributed by atoms with van der Waals surface area (Å²) in [6.07, 6.45) is 1.06. The van der Waals surface area contributed by atoms with Crippen molar-refractivity contribution >= 4 is 0 Å². The molecule has 4 heteroatoms. The number of ether oxygens (including phenoxy) is 1. The largest absolute Gasteiger partial charge is 0.373 e. The van der Waals surface area contributed by atoms with Crippen molar-refractivity contribution in [2.45, 2.75) is 39.3 Å². The maximum atomic E-state index is 5.39. The number of hydrogen-bond acceptors (Lipinski definition) is 3. The van der Waals surface area contributed by atoms with Crippen LogP contribution in [0.25, 0.3) is 0 Å². The predicted octanol–water partition coefficient (Wildman–Crippen LogP) is 1.32. The van der Waals surface area contributed by atoms with E-state index in [9.17, 15) is 0 Å². The highest BCUT2D eigenvalue weighted by atomic mass is 16.5. The summed E-state index contributed by atoms with van der Waals surface area (Å²) in [5, 5.41) is 8.30. The Morgan fingerprint density at radius 3 is 3.00 bits per heavy atom. The van der Waals surface area contributed by atoms with Crippen LogP contribution in [0.5, 0.6) is 0 Å². The van der Waals surface area contributed by atoms with Crippen LogP contribution in [0.15, 0.2) is 0 Å². The number of aromatic nitrogens is 3. The van der Waals surface area contributed by atoms with Crippen LogP contribution in [0.3, 0.4) is 0 Å². The van der Waals surface area contributed by atoms with E-state index in [0.717, 1.165) is 31.2 Å². The third-order valence-corrected chi connectivity index (χ3v) is 2.27. The second-order valence-electron chi connectivity index (χ2n) is 3.69. The average molecular weight is 181 g/mol. The summed E-state index contributed by atoms with van der Waals surface area (Å²) in [5.41, 5.74) is 0. The summed E-state index contributed by atoms with van der Waals surface area (Å²) in [4.78, 5) is 0. The van der Waals surface area contributed by atoms with Gasteiger partial charge in [-0.3, -0.25) is 0 Å². The Morgan fingerprint density at radius 2 is 2.23 bits per heavy atom.